The molecule has 94 valence electrons. The Labute approximate surface area is 98.8 Å². The van der Waals surface area contributed by atoms with Gasteiger partial charge in [0, 0.05) is 5.56 Å². The predicted molar refractivity (Wildman–Crippen MR) is 53.8 cm³/mol. The van der Waals surface area contributed by atoms with Crippen LogP contribution in [0.3, 0.4) is 0 Å². The lowest BCUT2D eigenvalue weighted by molar-refractivity contribution is -0.0435. The molecule has 0 aromatic heterocycles. The second kappa shape index (κ2) is 4.61. The van der Waals surface area contributed by atoms with Crippen LogP contribution in [0.5, 0.6) is 0 Å². The minimum Gasteiger partial charge on any atom is -0.207 e. The van der Waals surface area contributed by atoms with Crippen LogP contribution < -0.4 is 0 Å². The summed E-state index contributed by atoms with van der Waals surface area (Å²) in [6.07, 6.45) is 0. The van der Waals surface area contributed by atoms with Gasteiger partial charge in [-0.25, -0.2) is 4.39 Å². The molecule has 3 nitrogen and oxygen atoms in total. The van der Waals surface area contributed by atoms with Gasteiger partial charge in [0.05, 0.1) is 0 Å². The summed E-state index contributed by atoms with van der Waals surface area (Å²) in [5.74, 6) is -0.642. The van der Waals surface area contributed by atoms with Crippen LogP contribution in [0, 0.1) is 5.82 Å². The van der Waals surface area contributed by atoms with Crippen LogP contribution in [-0.2, 0) is 10.0 Å². The van der Waals surface area contributed by atoms with Gasteiger partial charge in [0.1, 0.15) is 11.0 Å². The third-order valence-electron chi connectivity index (χ3n) is 1.58. The zero-order valence-electron chi connectivity index (χ0n) is 7.87. The Bertz CT molecular complexity index is 536. The quantitative estimate of drug-likeness (QED) is 0.621. The first kappa shape index (κ1) is 13.9. The maximum absolute atomic E-state index is 12.5. The lowest BCUT2D eigenvalue weighted by Gasteiger charge is -2.03. The van der Waals surface area contributed by atoms with Gasteiger partial charge in [-0.2, -0.15) is 21.6 Å². The summed E-state index contributed by atoms with van der Waals surface area (Å²) >= 11 is 5.30. The second-order valence-corrected chi connectivity index (χ2v) is 4.76. The molecule has 0 radical (unpaired) electrons. The van der Waals surface area contributed by atoms with E-state index >= 15 is 0 Å². The summed E-state index contributed by atoms with van der Waals surface area (Å²) in [5, 5.41) is -0.887. The Kier molecular flexibility index (Phi) is 3.78. The first-order valence-electron chi connectivity index (χ1n) is 3.96. The van der Waals surface area contributed by atoms with Gasteiger partial charge in [0.2, 0.25) is 0 Å². The maximum atomic E-state index is 12.5. The van der Waals surface area contributed by atoms with Crippen molar-refractivity contribution in [3.05, 3.63) is 35.6 Å². The molecule has 0 unspecified atom stereocenters. The van der Waals surface area contributed by atoms with E-state index in [-0.39, 0.29) is 5.56 Å². The van der Waals surface area contributed by atoms with Gasteiger partial charge in [-0.15, -0.1) is 4.40 Å². The van der Waals surface area contributed by atoms with E-state index in [9.17, 15) is 26.0 Å². The van der Waals surface area contributed by atoms with Gasteiger partial charge < -0.3 is 0 Å². The molecule has 0 N–H and O–H groups in total. The molecule has 1 aromatic rings. The number of hydrogen-bond donors (Lipinski definition) is 0. The van der Waals surface area contributed by atoms with Crippen molar-refractivity contribution in [1.29, 1.82) is 0 Å². The van der Waals surface area contributed by atoms with Gasteiger partial charge in [0.15, 0.2) is 0 Å². The molecule has 0 aliphatic carbocycles. The first-order chi connectivity index (χ1) is 7.63. The van der Waals surface area contributed by atoms with Crippen LogP contribution in [0.1, 0.15) is 5.56 Å². The fourth-order valence-electron chi connectivity index (χ4n) is 0.797. The number of rotatable bonds is 2. The SMILES string of the molecule is O=S(=O)(N=C(Cl)c1ccc(F)cc1)C(F)(F)F. The van der Waals surface area contributed by atoms with Crippen LogP contribution in [0.15, 0.2) is 28.7 Å². The zero-order valence-corrected chi connectivity index (χ0v) is 9.44. The third kappa shape index (κ3) is 3.40. The minimum atomic E-state index is -5.69. The van der Waals surface area contributed by atoms with E-state index in [2.05, 4.69) is 4.40 Å². The monoisotopic (exact) mass is 289 g/mol. The van der Waals surface area contributed by atoms with E-state index in [0.29, 0.717) is 0 Å². The largest absolute Gasteiger partial charge is 0.518 e. The van der Waals surface area contributed by atoms with Crippen molar-refractivity contribution in [2.45, 2.75) is 5.51 Å². The molecule has 1 aromatic carbocycles. The summed E-state index contributed by atoms with van der Waals surface area (Å²) in [5.41, 5.74) is -5.66. The molecule has 0 heterocycles. The Hall–Kier alpha value is -1.15. The molecule has 0 aliphatic heterocycles. The van der Waals surface area contributed by atoms with E-state index < -0.39 is 26.5 Å². The van der Waals surface area contributed by atoms with E-state index in [1.807, 2.05) is 0 Å². The van der Waals surface area contributed by atoms with E-state index in [4.69, 9.17) is 11.6 Å². The molecular weight excluding hydrogens is 286 g/mol. The normalized spacial score (nSPS) is 13.8. The van der Waals surface area contributed by atoms with Crippen molar-refractivity contribution < 1.29 is 26.0 Å². The highest BCUT2D eigenvalue weighted by atomic mass is 35.5. The Morgan fingerprint density at radius 3 is 2.06 bits per heavy atom. The molecule has 0 spiro atoms. The van der Waals surface area contributed by atoms with Crippen LogP contribution in [0.2, 0.25) is 0 Å². The topological polar surface area (TPSA) is 46.5 Å². The fourth-order valence-corrected chi connectivity index (χ4v) is 1.62. The van der Waals surface area contributed by atoms with E-state index in [0.717, 1.165) is 24.3 Å². The maximum Gasteiger partial charge on any atom is 0.518 e. The van der Waals surface area contributed by atoms with Crippen molar-refractivity contribution in [2.24, 2.45) is 4.40 Å². The number of nitrogens with zero attached hydrogens (tertiary/aromatic N) is 1. The van der Waals surface area contributed by atoms with Crippen molar-refractivity contribution in [2.75, 3.05) is 0 Å². The minimum absolute atomic E-state index is 0.138. The van der Waals surface area contributed by atoms with Crippen LogP contribution >= 0.6 is 11.6 Å². The number of sulfonamides is 1. The summed E-state index contributed by atoms with van der Waals surface area (Å²) in [4.78, 5) is 0. The van der Waals surface area contributed by atoms with Crippen molar-refractivity contribution in [3.63, 3.8) is 0 Å². The lowest BCUT2D eigenvalue weighted by atomic mass is 10.2. The molecule has 9 heteroatoms. The van der Waals surface area contributed by atoms with Gasteiger partial charge in [-0.05, 0) is 24.3 Å². The highest BCUT2D eigenvalue weighted by Gasteiger charge is 2.46. The first-order valence-corrected chi connectivity index (χ1v) is 5.78. The average Bonchev–Trinajstić information content (AvgIpc) is 2.16. The van der Waals surface area contributed by atoms with Crippen LogP contribution in [0.4, 0.5) is 17.6 Å². The Balaban J connectivity index is 3.14. The van der Waals surface area contributed by atoms with Crippen molar-refractivity contribution >= 4 is 26.8 Å². The molecule has 0 fully saturated rings. The predicted octanol–water partition coefficient (Wildman–Crippen LogP) is 2.66. The third-order valence-corrected chi connectivity index (χ3v) is 2.99. The van der Waals surface area contributed by atoms with E-state index in [1.54, 1.807) is 0 Å². The summed E-state index contributed by atoms with van der Waals surface area (Å²) in [6, 6.07) is 3.83. The molecule has 0 atom stereocenters. The number of halogens is 5. The van der Waals surface area contributed by atoms with Crippen LogP contribution in [0.25, 0.3) is 0 Å². The molecule has 17 heavy (non-hydrogen) atoms. The fraction of sp³-hybridized carbons (Fsp3) is 0.125. The average molecular weight is 290 g/mol. The lowest BCUT2D eigenvalue weighted by Crippen LogP contribution is -2.21. The molecule has 0 saturated carbocycles. The molecular formula is C8H4ClF4NO2S. The van der Waals surface area contributed by atoms with Gasteiger partial charge >= 0.3 is 15.5 Å². The van der Waals surface area contributed by atoms with E-state index in [1.165, 1.54) is 0 Å². The number of benzene rings is 1. The Morgan fingerprint density at radius 1 is 1.18 bits per heavy atom. The van der Waals surface area contributed by atoms with Crippen molar-refractivity contribution in [1.82, 2.24) is 0 Å². The molecule has 0 bridgehead atoms. The van der Waals surface area contributed by atoms with Crippen molar-refractivity contribution in [3.8, 4) is 0 Å². The van der Waals surface area contributed by atoms with Crippen LogP contribution in [-0.4, -0.2) is 19.1 Å². The molecule has 0 aliphatic rings. The second-order valence-electron chi connectivity index (χ2n) is 2.81. The highest BCUT2D eigenvalue weighted by Crippen LogP contribution is 2.25. The summed E-state index contributed by atoms with van der Waals surface area (Å²) < 4.78 is 72.0. The Morgan fingerprint density at radius 2 is 1.65 bits per heavy atom. The molecule has 1 rings (SSSR count). The molecule has 0 amide bonds. The highest BCUT2D eigenvalue weighted by molar-refractivity contribution is 7.91. The number of alkyl halides is 3. The molecule has 0 saturated heterocycles. The van der Waals surface area contributed by atoms with Gasteiger partial charge in [0.25, 0.3) is 0 Å². The van der Waals surface area contributed by atoms with Gasteiger partial charge in [-0.1, -0.05) is 11.6 Å². The standard InChI is InChI=1S/C8H4ClF4NO2S/c9-7(5-1-3-6(10)4-2-5)14-17(15,16)8(11,12)13/h1-4H. The summed E-state index contributed by atoms with van der Waals surface area (Å²) in [6.45, 7) is 0. The number of hydrogen-bond acceptors (Lipinski definition) is 2. The summed E-state index contributed by atoms with van der Waals surface area (Å²) in [7, 11) is -5.69. The smallest absolute Gasteiger partial charge is 0.207 e. The zero-order chi connectivity index (χ0) is 13.3. The van der Waals surface area contributed by atoms with Gasteiger partial charge in [-0.3, -0.25) is 0 Å².